The first kappa shape index (κ1) is 16.1. The standard InChI is InChI=1S/C17H28N2O2/c1-12(2)14-8-6-10-19(14)15(11-18)13-7-5-9-16(20-3)17(13)21-4/h5,7,9,12,14-15H,6,8,10-11,18H2,1-4H3. The molecule has 0 spiro atoms. The maximum Gasteiger partial charge on any atom is 0.165 e. The van der Waals surface area contributed by atoms with E-state index < -0.39 is 0 Å². The van der Waals surface area contributed by atoms with Crippen molar-refractivity contribution >= 4 is 0 Å². The number of rotatable bonds is 6. The highest BCUT2D eigenvalue weighted by Crippen LogP contribution is 2.40. The van der Waals surface area contributed by atoms with Crippen LogP contribution in [0.5, 0.6) is 11.5 Å². The summed E-state index contributed by atoms with van der Waals surface area (Å²) in [5.41, 5.74) is 7.26. The van der Waals surface area contributed by atoms with E-state index in [-0.39, 0.29) is 6.04 Å². The Morgan fingerprint density at radius 1 is 1.29 bits per heavy atom. The fraction of sp³-hybridized carbons (Fsp3) is 0.647. The van der Waals surface area contributed by atoms with Gasteiger partial charge in [-0.05, 0) is 31.4 Å². The summed E-state index contributed by atoms with van der Waals surface area (Å²) in [5, 5.41) is 0. The van der Waals surface area contributed by atoms with Crippen molar-refractivity contribution in [2.75, 3.05) is 27.3 Å². The van der Waals surface area contributed by atoms with Crippen LogP contribution in [0.4, 0.5) is 0 Å². The zero-order chi connectivity index (χ0) is 15.4. The van der Waals surface area contributed by atoms with Gasteiger partial charge in [0.15, 0.2) is 11.5 Å². The number of likely N-dealkylation sites (tertiary alicyclic amines) is 1. The van der Waals surface area contributed by atoms with Crippen molar-refractivity contribution in [1.29, 1.82) is 0 Å². The average molecular weight is 292 g/mol. The highest BCUT2D eigenvalue weighted by atomic mass is 16.5. The third-order valence-corrected chi connectivity index (χ3v) is 4.53. The molecule has 0 bridgehead atoms. The molecule has 1 saturated heterocycles. The molecule has 2 rings (SSSR count). The van der Waals surface area contributed by atoms with Crippen LogP contribution in [0, 0.1) is 5.92 Å². The Kier molecular flexibility index (Phi) is 5.48. The van der Waals surface area contributed by atoms with Crippen LogP contribution >= 0.6 is 0 Å². The van der Waals surface area contributed by atoms with Crippen LogP contribution in [0.3, 0.4) is 0 Å². The van der Waals surface area contributed by atoms with Gasteiger partial charge in [0.25, 0.3) is 0 Å². The first-order valence-corrected chi connectivity index (χ1v) is 7.80. The molecule has 2 unspecified atom stereocenters. The van der Waals surface area contributed by atoms with E-state index in [4.69, 9.17) is 15.2 Å². The molecule has 0 aliphatic carbocycles. The van der Waals surface area contributed by atoms with Crippen molar-refractivity contribution in [3.63, 3.8) is 0 Å². The van der Waals surface area contributed by atoms with Crippen molar-refractivity contribution in [1.82, 2.24) is 4.90 Å². The normalized spacial score (nSPS) is 20.8. The molecular formula is C17H28N2O2. The molecule has 1 aromatic carbocycles. The van der Waals surface area contributed by atoms with Crippen LogP contribution in [0.25, 0.3) is 0 Å². The molecule has 0 radical (unpaired) electrons. The monoisotopic (exact) mass is 292 g/mol. The minimum absolute atomic E-state index is 0.185. The molecule has 1 heterocycles. The second-order valence-corrected chi connectivity index (χ2v) is 6.03. The highest BCUT2D eigenvalue weighted by Gasteiger charge is 2.34. The quantitative estimate of drug-likeness (QED) is 0.876. The molecule has 1 aromatic rings. The number of benzene rings is 1. The number of ether oxygens (including phenoxy) is 2. The van der Waals surface area contributed by atoms with Gasteiger partial charge in [0.1, 0.15) is 0 Å². The van der Waals surface area contributed by atoms with Crippen molar-refractivity contribution in [2.24, 2.45) is 11.7 Å². The Morgan fingerprint density at radius 2 is 2.05 bits per heavy atom. The van der Waals surface area contributed by atoms with Gasteiger partial charge in [0, 0.05) is 18.2 Å². The van der Waals surface area contributed by atoms with Gasteiger partial charge < -0.3 is 15.2 Å². The first-order valence-electron chi connectivity index (χ1n) is 7.80. The summed E-state index contributed by atoms with van der Waals surface area (Å²) in [6, 6.07) is 6.83. The smallest absolute Gasteiger partial charge is 0.165 e. The maximum atomic E-state index is 6.12. The highest BCUT2D eigenvalue weighted by molar-refractivity contribution is 5.48. The fourth-order valence-electron chi connectivity index (χ4n) is 3.53. The van der Waals surface area contributed by atoms with Gasteiger partial charge in [-0.15, -0.1) is 0 Å². The lowest BCUT2D eigenvalue weighted by molar-refractivity contribution is 0.147. The van der Waals surface area contributed by atoms with E-state index in [2.05, 4.69) is 24.8 Å². The number of methoxy groups -OCH3 is 2. The van der Waals surface area contributed by atoms with Crippen LogP contribution in [0.1, 0.15) is 38.3 Å². The van der Waals surface area contributed by atoms with E-state index in [1.807, 2.05) is 12.1 Å². The minimum atomic E-state index is 0.185. The number of hydrogen-bond acceptors (Lipinski definition) is 4. The second-order valence-electron chi connectivity index (χ2n) is 6.03. The van der Waals surface area contributed by atoms with Crippen LogP contribution < -0.4 is 15.2 Å². The molecule has 0 saturated carbocycles. The Balaban J connectivity index is 2.37. The van der Waals surface area contributed by atoms with Gasteiger partial charge in [-0.25, -0.2) is 0 Å². The molecule has 1 fully saturated rings. The Labute approximate surface area is 128 Å². The Morgan fingerprint density at radius 3 is 2.62 bits per heavy atom. The predicted molar refractivity (Wildman–Crippen MR) is 85.9 cm³/mol. The zero-order valence-electron chi connectivity index (χ0n) is 13.6. The van der Waals surface area contributed by atoms with Crippen molar-refractivity contribution in [2.45, 2.75) is 38.8 Å². The third-order valence-electron chi connectivity index (χ3n) is 4.53. The lowest BCUT2D eigenvalue weighted by Crippen LogP contribution is -2.40. The molecule has 4 heteroatoms. The van der Waals surface area contributed by atoms with Gasteiger partial charge >= 0.3 is 0 Å². The van der Waals surface area contributed by atoms with E-state index >= 15 is 0 Å². The lowest BCUT2D eigenvalue weighted by atomic mass is 9.97. The summed E-state index contributed by atoms with van der Waals surface area (Å²) in [4.78, 5) is 2.54. The largest absolute Gasteiger partial charge is 0.493 e. The molecule has 4 nitrogen and oxygen atoms in total. The molecule has 0 aromatic heterocycles. The molecule has 118 valence electrons. The van der Waals surface area contributed by atoms with Crippen molar-refractivity contribution in [3.8, 4) is 11.5 Å². The van der Waals surface area contributed by atoms with E-state index in [0.717, 1.165) is 23.6 Å². The minimum Gasteiger partial charge on any atom is -0.493 e. The first-order chi connectivity index (χ1) is 10.1. The van der Waals surface area contributed by atoms with Crippen molar-refractivity contribution < 1.29 is 9.47 Å². The predicted octanol–water partition coefficient (Wildman–Crippen LogP) is 2.82. The fourth-order valence-corrected chi connectivity index (χ4v) is 3.53. The topological polar surface area (TPSA) is 47.7 Å². The third kappa shape index (κ3) is 3.16. The van der Waals surface area contributed by atoms with Gasteiger partial charge in [0.2, 0.25) is 0 Å². The van der Waals surface area contributed by atoms with Crippen molar-refractivity contribution in [3.05, 3.63) is 23.8 Å². The second kappa shape index (κ2) is 7.14. The number of para-hydroxylation sites is 1. The summed E-state index contributed by atoms with van der Waals surface area (Å²) in [6.07, 6.45) is 2.49. The molecule has 0 amide bonds. The van der Waals surface area contributed by atoms with Gasteiger partial charge in [0.05, 0.1) is 20.3 Å². The molecule has 2 N–H and O–H groups in total. The van der Waals surface area contributed by atoms with E-state index in [0.29, 0.717) is 18.5 Å². The number of hydrogen-bond donors (Lipinski definition) is 1. The molecule has 1 aliphatic rings. The molecule has 2 atom stereocenters. The van der Waals surface area contributed by atoms with Gasteiger partial charge in [-0.3, -0.25) is 4.90 Å². The Hall–Kier alpha value is -1.26. The summed E-state index contributed by atoms with van der Waals surface area (Å²) in [5.74, 6) is 2.22. The van der Waals surface area contributed by atoms with E-state index in [1.165, 1.54) is 12.8 Å². The summed E-state index contributed by atoms with van der Waals surface area (Å²) >= 11 is 0. The number of nitrogens with zero attached hydrogens (tertiary/aromatic N) is 1. The van der Waals surface area contributed by atoms with Gasteiger partial charge in [-0.1, -0.05) is 26.0 Å². The zero-order valence-corrected chi connectivity index (χ0v) is 13.6. The average Bonchev–Trinajstić information content (AvgIpc) is 2.97. The van der Waals surface area contributed by atoms with Crippen LogP contribution in [-0.2, 0) is 0 Å². The summed E-state index contributed by atoms with van der Waals surface area (Å²) < 4.78 is 11.0. The lowest BCUT2D eigenvalue weighted by Gasteiger charge is -2.35. The van der Waals surface area contributed by atoms with Gasteiger partial charge in [-0.2, -0.15) is 0 Å². The van der Waals surface area contributed by atoms with E-state index in [1.54, 1.807) is 14.2 Å². The molecule has 1 aliphatic heterocycles. The maximum absolute atomic E-state index is 6.12. The summed E-state index contributed by atoms with van der Waals surface area (Å²) in [7, 11) is 3.37. The van der Waals surface area contributed by atoms with Crippen LogP contribution in [0.2, 0.25) is 0 Å². The SMILES string of the molecule is COc1cccc(C(CN)N2CCCC2C(C)C)c1OC. The van der Waals surface area contributed by atoms with Crippen LogP contribution in [-0.4, -0.2) is 38.3 Å². The molecular weight excluding hydrogens is 264 g/mol. The van der Waals surface area contributed by atoms with E-state index in [9.17, 15) is 0 Å². The number of nitrogens with two attached hydrogens (primary N) is 1. The summed E-state index contributed by atoms with van der Waals surface area (Å²) in [6.45, 7) is 6.27. The van der Waals surface area contributed by atoms with Crippen LogP contribution in [0.15, 0.2) is 18.2 Å². The molecule has 21 heavy (non-hydrogen) atoms. The Bertz CT molecular complexity index is 462.